The summed E-state index contributed by atoms with van der Waals surface area (Å²) in [4.78, 5) is 17.4. The molecule has 136 valence electrons. The lowest BCUT2D eigenvalue weighted by molar-refractivity contribution is 0.102. The van der Waals surface area contributed by atoms with Gasteiger partial charge in [0, 0.05) is 10.6 Å². The van der Waals surface area contributed by atoms with Crippen molar-refractivity contribution in [3.8, 4) is 11.3 Å². The molecule has 4 aromatic rings. The highest BCUT2D eigenvalue weighted by molar-refractivity contribution is 7.22. The van der Waals surface area contributed by atoms with E-state index in [9.17, 15) is 4.79 Å². The summed E-state index contributed by atoms with van der Waals surface area (Å²) < 4.78 is 6.20. The first kappa shape index (κ1) is 18.0. The van der Waals surface area contributed by atoms with E-state index < -0.39 is 0 Å². The van der Waals surface area contributed by atoms with Gasteiger partial charge in [-0.3, -0.25) is 10.1 Å². The summed E-state index contributed by atoms with van der Waals surface area (Å²) in [6.07, 6.45) is 0. The molecule has 4 rings (SSSR count). The summed E-state index contributed by atoms with van der Waals surface area (Å²) in [6.45, 7) is 3.58. The topological polar surface area (TPSA) is 68.0 Å². The van der Waals surface area contributed by atoms with E-state index in [2.05, 4.69) is 15.5 Å². The third kappa shape index (κ3) is 3.20. The summed E-state index contributed by atoms with van der Waals surface area (Å²) in [7, 11) is 0. The lowest BCUT2D eigenvalue weighted by Crippen LogP contribution is -2.13. The Balaban J connectivity index is 1.72. The van der Waals surface area contributed by atoms with Crippen LogP contribution in [-0.2, 0) is 0 Å². The Hall–Kier alpha value is -2.41. The van der Waals surface area contributed by atoms with Crippen LogP contribution in [0.1, 0.15) is 21.7 Å². The average molecular weight is 418 g/mol. The maximum atomic E-state index is 12.9. The fraction of sp³-hybridized carbons (Fsp3) is 0.105. The van der Waals surface area contributed by atoms with Gasteiger partial charge in [0.05, 0.1) is 15.2 Å². The minimum Gasteiger partial charge on any atom is -0.360 e. The zero-order chi connectivity index (χ0) is 19.1. The molecule has 1 N–H and O–H groups in total. The van der Waals surface area contributed by atoms with Crippen molar-refractivity contribution in [1.29, 1.82) is 0 Å². The number of hydrogen-bond acceptors (Lipinski definition) is 5. The molecule has 0 bridgehead atoms. The number of fused-ring (bicyclic) bond motifs is 1. The van der Waals surface area contributed by atoms with Crippen molar-refractivity contribution in [1.82, 2.24) is 10.1 Å². The molecule has 0 radical (unpaired) electrons. The number of aryl methyl sites for hydroxylation is 2. The average Bonchev–Trinajstić information content (AvgIpc) is 3.22. The van der Waals surface area contributed by atoms with Crippen molar-refractivity contribution in [2.45, 2.75) is 13.8 Å². The van der Waals surface area contributed by atoms with Gasteiger partial charge >= 0.3 is 0 Å². The number of benzene rings is 2. The van der Waals surface area contributed by atoms with Crippen LogP contribution in [0.2, 0.25) is 10.0 Å². The van der Waals surface area contributed by atoms with E-state index in [1.807, 2.05) is 31.2 Å². The molecular formula is C19H13Cl2N3O2S. The first-order chi connectivity index (χ1) is 13.0. The second-order valence-corrected chi connectivity index (χ2v) is 7.78. The largest absolute Gasteiger partial charge is 0.360 e. The highest BCUT2D eigenvalue weighted by Crippen LogP contribution is 2.34. The van der Waals surface area contributed by atoms with Crippen LogP contribution in [0.3, 0.4) is 0 Å². The number of nitrogens with zero attached hydrogens (tertiary/aromatic N) is 2. The first-order valence-corrected chi connectivity index (χ1v) is 9.61. The van der Waals surface area contributed by atoms with Crippen molar-refractivity contribution >= 4 is 55.8 Å². The van der Waals surface area contributed by atoms with Crippen LogP contribution in [0.15, 0.2) is 40.9 Å². The quantitative estimate of drug-likeness (QED) is 0.435. The standard InChI is InChI=1S/C19H13Cl2N3O2S/c1-9-12(20)7-8-14-16(9)22-19(27-14)23-18(25)15-10(2)26-24-17(15)11-5-3-4-6-13(11)21/h3-8H,1-2H3,(H,22,23,25). The van der Waals surface area contributed by atoms with E-state index in [1.165, 1.54) is 11.3 Å². The van der Waals surface area contributed by atoms with Gasteiger partial charge in [-0.15, -0.1) is 0 Å². The van der Waals surface area contributed by atoms with Gasteiger partial charge in [-0.1, -0.05) is 57.9 Å². The van der Waals surface area contributed by atoms with Crippen LogP contribution >= 0.6 is 34.5 Å². The van der Waals surface area contributed by atoms with Gasteiger partial charge in [-0.25, -0.2) is 4.98 Å². The van der Waals surface area contributed by atoms with E-state index >= 15 is 0 Å². The Labute approximate surface area is 168 Å². The second-order valence-electron chi connectivity index (χ2n) is 5.93. The SMILES string of the molecule is Cc1onc(-c2ccccc2Cl)c1C(=O)Nc1nc2c(C)c(Cl)ccc2s1. The molecule has 8 heteroatoms. The molecule has 1 amide bonds. The molecule has 0 spiro atoms. The minimum atomic E-state index is -0.355. The molecule has 2 aromatic heterocycles. The third-order valence-electron chi connectivity index (χ3n) is 4.19. The molecule has 0 saturated heterocycles. The second kappa shape index (κ2) is 6.96. The summed E-state index contributed by atoms with van der Waals surface area (Å²) >= 11 is 13.8. The van der Waals surface area contributed by atoms with Crippen LogP contribution in [0.5, 0.6) is 0 Å². The zero-order valence-corrected chi connectivity index (χ0v) is 16.7. The Morgan fingerprint density at radius 2 is 1.89 bits per heavy atom. The summed E-state index contributed by atoms with van der Waals surface area (Å²) in [6, 6.07) is 10.9. The molecule has 2 aromatic carbocycles. The maximum Gasteiger partial charge on any atom is 0.263 e. The minimum absolute atomic E-state index is 0.331. The Kier molecular flexibility index (Phi) is 4.63. The number of rotatable bonds is 3. The van der Waals surface area contributed by atoms with Crippen LogP contribution in [0.4, 0.5) is 5.13 Å². The molecule has 0 fully saturated rings. The van der Waals surface area contributed by atoms with Gasteiger partial charge in [-0.05, 0) is 37.6 Å². The third-order valence-corrected chi connectivity index (χ3v) is 5.86. The van der Waals surface area contributed by atoms with E-state index in [0.717, 1.165) is 15.8 Å². The molecule has 0 saturated carbocycles. The predicted molar refractivity (Wildman–Crippen MR) is 109 cm³/mol. The molecule has 0 aliphatic carbocycles. The van der Waals surface area contributed by atoms with Gasteiger partial charge in [0.2, 0.25) is 0 Å². The zero-order valence-electron chi connectivity index (χ0n) is 14.3. The van der Waals surface area contributed by atoms with E-state index in [-0.39, 0.29) is 5.91 Å². The molecule has 27 heavy (non-hydrogen) atoms. The highest BCUT2D eigenvalue weighted by atomic mass is 35.5. The maximum absolute atomic E-state index is 12.9. The van der Waals surface area contributed by atoms with Gasteiger partial charge < -0.3 is 4.52 Å². The van der Waals surface area contributed by atoms with Crippen molar-refractivity contribution < 1.29 is 9.32 Å². The smallest absolute Gasteiger partial charge is 0.263 e. The summed E-state index contributed by atoms with van der Waals surface area (Å²) in [5, 5.41) is 8.47. The normalized spacial score (nSPS) is 11.1. The molecule has 0 unspecified atom stereocenters. The van der Waals surface area contributed by atoms with Gasteiger partial charge in [0.25, 0.3) is 5.91 Å². The van der Waals surface area contributed by atoms with Crippen molar-refractivity contribution in [3.05, 3.63) is 63.3 Å². The number of nitrogens with one attached hydrogen (secondary N) is 1. The number of aromatic nitrogens is 2. The number of anilines is 1. The monoisotopic (exact) mass is 417 g/mol. The van der Waals surface area contributed by atoms with Crippen molar-refractivity contribution in [2.24, 2.45) is 0 Å². The van der Waals surface area contributed by atoms with Crippen LogP contribution in [-0.4, -0.2) is 16.0 Å². The Bertz CT molecular complexity index is 1180. The number of thiazole rings is 1. The van der Waals surface area contributed by atoms with Gasteiger partial charge in [0.15, 0.2) is 5.13 Å². The number of hydrogen-bond donors (Lipinski definition) is 1. The van der Waals surface area contributed by atoms with Crippen LogP contribution in [0.25, 0.3) is 21.5 Å². The summed E-state index contributed by atoms with van der Waals surface area (Å²) in [5.74, 6) is 0.0502. The van der Waals surface area contributed by atoms with Crippen molar-refractivity contribution in [2.75, 3.05) is 5.32 Å². The van der Waals surface area contributed by atoms with Crippen LogP contribution < -0.4 is 5.32 Å². The molecule has 2 heterocycles. The van der Waals surface area contributed by atoms with Gasteiger partial charge in [-0.2, -0.15) is 0 Å². The number of carbonyl (C=O) groups is 1. The molecule has 0 aliphatic heterocycles. The fourth-order valence-corrected chi connectivity index (χ4v) is 4.09. The lowest BCUT2D eigenvalue weighted by Gasteiger charge is -2.04. The Morgan fingerprint density at radius 1 is 1.11 bits per heavy atom. The summed E-state index contributed by atoms with van der Waals surface area (Å²) in [5.41, 5.74) is 3.01. The predicted octanol–water partition coefficient (Wildman–Crippen LogP) is 6.13. The first-order valence-electron chi connectivity index (χ1n) is 8.04. The molecule has 5 nitrogen and oxygen atoms in total. The van der Waals surface area contributed by atoms with E-state index in [1.54, 1.807) is 19.1 Å². The number of amides is 1. The van der Waals surface area contributed by atoms with Crippen molar-refractivity contribution in [3.63, 3.8) is 0 Å². The highest BCUT2D eigenvalue weighted by Gasteiger charge is 2.24. The van der Waals surface area contributed by atoms with Gasteiger partial charge in [0.1, 0.15) is 17.0 Å². The molecular weight excluding hydrogens is 405 g/mol. The van der Waals surface area contributed by atoms with E-state index in [4.69, 9.17) is 27.7 Å². The van der Waals surface area contributed by atoms with E-state index in [0.29, 0.717) is 37.8 Å². The number of halogens is 2. The fourth-order valence-electron chi connectivity index (χ4n) is 2.79. The molecule has 0 aliphatic rings. The number of carbonyl (C=O) groups excluding carboxylic acids is 1. The van der Waals surface area contributed by atoms with Crippen LogP contribution in [0, 0.1) is 13.8 Å². The molecule has 0 atom stereocenters. The lowest BCUT2D eigenvalue weighted by atomic mass is 10.1. The Morgan fingerprint density at radius 3 is 2.67 bits per heavy atom.